The number of carbonyl (C=O) groups excluding carboxylic acids is 1. The van der Waals surface area contributed by atoms with E-state index in [9.17, 15) is 4.79 Å². The van der Waals surface area contributed by atoms with Crippen LogP contribution in [0, 0.1) is 5.92 Å². The summed E-state index contributed by atoms with van der Waals surface area (Å²) in [6.07, 6.45) is 4.17. The zero-order chi connectivity index (χ0) is 12.5. The van der Waals surface area contributed by atoms with E-state index in [-0.39, 0.29) is 5.91 Å². The minimum Gasteiger partial charge on any atom is -0.354 e. The number of rotatable bonds is 7. The molecule has 2 unspecified atom stereocenters. The van der Waals surface area contributed by atoms with Gasteiger partial charge in [0.1, 0.15) is 0 Å². The van der Waals surface area contributed by atoms with Crippen LogP contribution < -0.4 is 10.6 Å². The van der Waals surface area contributed by atoms with E-state index in [2.05, 4.69) is 24.5 Å². The predicted octanol–water partition coefficient (Wildman–Crippen LogP) is 2.02. The average Bonchev–Trinajstić information content (AvgIpc) is 2.30. The third kappa shape index (κ3) is 6.94. The highest BCUT2D eigenvalue weighted by Crippen LogP contribution is 2.14. The van der Waals surface area contributed by atoms with Crippen molar-refractivity contribution in [2.45, 2.75) is 45.6 Å². The van der Waals surface area contributed by atoms with E-state index in [1.807, 2.05) is 11.8 Å². The zero-order valence-corrected chi connectivity index (χ0v) is 11.9. The first-order chi connectivity index (χ1) is 8.22. The lowest BCUT2D eigenvalue weighted by Gasteiger charge is -2.23. The molecule has 0 spiro atoms. The van der Waals surface area contributed by atoms with Gasteiger partial charge in [-0.25, -0.2) is 0 Å². The maximum Gasteiger partial charge on any atom is 0.220 e. The summed E-state index contributed by atoms with van der Waals surface area (Å²) in [5.74, 6) is 3.07. The van der Waals surface area contributed by atoms with E-state index < -0.39 is 0 Å². The molecule has 0 radical (unpaired) electrons. The number of thioether (sulfide) groups is 1. The summed E-state index contributed by atoms with van der Waals surface area (Å²) in [5.41, 5.74) is 0. The van der Waals surface area contributed by atoms with Gasteiger partial charge in [0.15, 0.2) is 0 Å². The van der Waals surface area contributed by atoms with Gasteiger partial charge in [-0.05, 0) is 56.7 Å². The topological polar surface area (TPSA) is 41.1 Å². The second-order valence-corrected chi connectivity index (χ2v) is 6.26. The molecule has 0 aromatic rings. The Morgan fingerprint density at radius 2 is 2.41 bits per heavy atom. The third-order valence-corrected chi connectivity index (χ3v) is 4.11. The molecular formula is C13H26N2OS. The molecule has 1 heterocycles. The molecule has 1 aliphatic rings. The fourth-order valence-corrected chi connectivity index (χ4v) is 2.98. The minimum atomic E-state index is 0.229. The lowest BCUT2D eigenvalue weighted by Crippen LogP contribution is -2.37. The van der Waals surface area contributed by atoms with Crippen LogP contribution in [0.1, 0.15) is 39.5 Å². The van der Waals surface area contributed by atoms with Crippen molar-refractivity contribution in [2.75, 3.05) is 24.6 Å². The molecular weight excluding hydrogens is 232 g/mol. The van der Waals surface area contributed by atoms with Gasteiger partial charge in [0.25, 0.3) is 0 Å². The van der Waals surface area contributed by atoms with Gasteiger partial charge in [-0.3, -0.25) is 4.79 Å². The molecule has 1 fully saturated rings. The van der Waals surface area contributed by atoms with Gasteiger partial charge < -0.3 is 10.6 Å². The summed E-state index contributed by atoms with van der Waals surface area (Å²) in [5, 5.41) is 6.46. The molecule has 2 atom stereocenters. The molecule has 1 aliphatic heterocycles. The molecule has 2 N–H and O–H groups in total. The van der Waals surface area contributed by atoms with Crippen LogP contribution in [0.5, 0.6) is 0 Å². The SMILES string of the molecule is CCSCCC(C)NC(=O)CC1CCCNC1. The van der Waals surface area contributed by atoms with E-state index in [0.717, 1.165) is 31.0 Å². The van der Waals surface area contributed by atoms with Crippen LogP contribution in [-0.2, 0) is 4.79 Å². The number of hydrogen-bond donors (Lipinski definition) is 2. The maximum atomic E-state index is 11.8. The lowest BCUT2D eigenvalue weighted by atomic mass is 9.96. The van der Waals surface area contributed by atoms with Gasteiger partial charge in [0.05, 0.1) is 0 Å². The van der Waals surface area contributed by atoms with Crippen molar-refractivity contribution < 1.29 is 4.79 Å². The first kappa shape index (κ1) is 14.8. The van der Waals surface area contributed by atoms with Crippen molar-refractivity contribution in [2.24, 2.45) is 5.92 Å². The van der Waals surface area contributed by atoms with Gasteiger partial charge in [-0.1, -0.05) is 6.92 Å². The van der Waals surface area contributed by atoms with E-state index in [1.165, 1.54) is 12.8 Å². The molecule has 17 heavy (non-hydrogen) atoms. The van der Waals surface area contributed by atoms with Gasteiger partial charge in [-0.15, -0.1) is 0 Å². The standard InChI is InChI=1S/C13H26N2OS/c1-3-17-8-6-11(2)15-13(16)9-12-5-4-7-14-10-12/h11-12,14H,3-10H2,1-2H3,(H,15,16). The largest absolute Gasteiger partial charge is 0.354 e. The molecule has 3 nitrogen and oxygen atoms in total. The summed E-state index contributed by atoms with van der Waals surface area (Å²) in [4.78, 5) is 11.8. The van der Waals surface area contributed by atoms with Crippen LogP contribution in [0.15, 0.2) is 0 Å². The smallest absolute Gasteiger partial charge is 0.220 e. The highest BCUT2D eigenvalue weighted by molar-refractivity contribution is 7.99. The molecule has 0 aromatic heterocycles. The van der Waals surface area contributed by atoms with Crippen LogP contribution in [0.2, 0.25) is 0 Å². The van der Waals surface area contributed by atoms with Crippen molar-refractivity contribution in [3.8, 4) is 0 Å². The van der Waals surface area contributed by atoms with Crippen molar-refractivity contribution in [1.82, 2.24) is 10.6 Å². The first-order valence-corrected chi connectivity index (χ1v) is 7.95. The number of piperidine rings is 1. The summed E-state index contributed by atoms with van der Waals surface area (Å²) in [7, 11) is 0. The van der Waals surface area contributed by atoms with Crippen molar-refractivity contribution in [3.63, 3.8) is 0 Å². The predicted molar refractivity (Wildman–Crippen MR) is 75.4 cm³/mol. The molecule has 1 rings (SSSR count). The number of nitrogens with one attached hydrogen (secondary N) is 2. The number of carbonyl (C=O) groups is 1. The van der Waals surface area contributed by atoms with Gasteiger partial charge >= 0.3 is 0 Å². The lowest BCUT2D eigenvalue weighted by molar-refractivity contribution is -0.122. The quantitative estimate of drug-likeness (QED) is 0.687. The Morgan fingerprint density at radius 1 is 1.59 bits per heavy atom. The van der Waals surface area contributed by atoms with Crippen LogP contribution >= 0.6 is 11.8 Å². The second kappa shape index (κ2) is 8.81. The number of amides is 1. The number of hydrogen-bond acceptors (Lipinski definition) is 3. The molecule has 4 heteroatoms. The Morgan fingerprint density at radius 3 is 3.06 bits per heavy atom. The molecule has 0 saturated carbocycles. The highest BCUT2D eigenvalue weighted by Gasteiger charge is 2.17. The second-order valence-electron chi connectivity index (χ2n) is 4.87. The fraction of sp³-hybridized carbons (Fsp3) is 0.923. The van der Waals surface area contributed by atoms with Crippen LogP contribution in [-0.4, -0.2) is 36.5 Å². The van der Waals surface area contributed by atoms with E-state index >= 15 is 0 Å². The summed E-state index contributed by atoms with van der Waals surface area (Å²) in [6, 6.07) is 0.318. The Bertz CT molecular complexity index is 217. The van der Waals surface area contributed by atoms with E-state index in [0.29, 0.717) is 18.4 Å². The zero-order valence-electron chi connectivity index (χ0n) is 11.1. The van der Waals surface area contributed by atoms with Crippen molar-refractivity contribution in [3.05, 3.63) is 0 Å². The monoisotopic (exact) mass is 258 g/mol. The average molecular weight is 258 g/mol. The molecule has 0 aliphatic carbocycles. The van der Waals surface area contributed by atoms with Gasteiger partial charge in [-0.2, -0.15) is 11.8 Å². The Kier molecular flexibility index (Phi) is 7.69. The molecule has 1 amide bonds. The Hall–Kier alpha value is -0.220. The normalized spacial score (nSPS) is 22.1. The van der Waals surface area contributed by atoms with Crippen LogP contribution in [0.3, 0.4) is 0 Å². The highest BCUT2D eigenvalue weighted by atomic mass is 32.2. The summed E-state index contributed by atoms with van der Waals surface area (Å²) < 4.78 is 0. The molecule has 0 aromatic carbocycles. The minimum absolute atomic E-state index is 0.229. The van der Waals surface area contributed by atoms with Crippen molar-refractivity contribution in [1.29, 1.82) is 0 Å². The fourth-order valence-electron chi connectivity index (χ4n) is 2.17. The molecule has 0 bridgehead atoms. The first-order valence-electron chi connectivity index (χ1n) is 6.80. The summed E-state index contributed by atoms with van der Waals surface area (Å²) in [6.45, 7) is 6.40. The van der Waals surface area contributed by atoms with Crippen LogP contribution in [0.4, 0.5) is 0 Å². The van der Waals surface area contributed by atoms with Gasteiger partial charge in [0, 0.05) is 12.5 Å². The summed E-state index contributed by atoms with van der Waals surface area (Å²) >= 11 is 1.94. The van der Waals surface area contributed by atoms with E-state index in [1.54, 1.807) is 0 Å². The molecule has 100 valence electrons. The van der Waals surface area contributed by atoms with Crippen LogP contribution in [0.25, 0.3) is 0 Å². The Labute approximate surface area is 109 Å². The van der Waals surface area contributed by atoms with E-state index in [4.69, 9.17) is 0 Å². The molecule has 1 saturated heterocycles. The third-order valence-electron chi connectivity index (χ3n) is 3.18. The van der Waals surface area contributed by atoms with Crippen molar-refractivity contribution >= 4 is 17.7 Å². The Balaban J connectivity index is 2.10. The maximum absolute atomic E-state index is 11.8. The van der Waals surface area contributed by atoms with Gasteiger partial charge in [0.2, 0.25) is 5.91 Å².